The van der Waals surface area contributed by atoms with Crippen molar-refractivity contribution in [1.29, 1.82) is 0 Å². The van der Waals surface area contributed by atoms with Gasteiger partial charge in [0.1, 0.15) is 28.9 Å². The van der Waals surface area contributed by atoms with Crippen LogP contribution in [0.5, 0.6) is 5.75 Å². The predicted molar refractivity (Wildman–Crippen MR) is 531 cm³/mol. The Morgan fingerprint density at radius 1 is 0.582 bits per heavy atom. The summed E-state index contributed by atoms with van der Waals surface area (Å²) in [6.45, 7) is 24.3. The molecule has 22 heteroatoms. The van der Waals surface area contributed by atoms with E-state index in [9.17, 15) is 46.7 Å². The summed E-state index contributed by atoms with van der Waals surface area (Å²) >= 11 is 6.48. The lowest BCUT2D eigenvalue weighted by molar-refractivity contribution is -0.137. The number of aryl methyl sites for hydroxylation is 2. The highest BCUT2D eigenvalue weighted by atomic mass is 35.5. The summed E-state index contributed by atoms with van der Waals surface area (Å²) in [5.74, 6) is 2.46. The average Bonchev–Trinajstić information content (AvgIpc) is 1.49. The topological polar surface area (TPSA) is 215 Å². The monoisotopic (exact) mass is 1830 g/mol. The van der Waals surface area contributed by atoms with Crippen molar-refractivity contribution >= 4 is 95.3 Å². The number of nitrogens with zero attached hydrogens (tertiary/aromatic N) is 7. The number of ether oxygens (including phenoxy) is 1. The van der Waals surface area contributed by atoms with Crippen LogP contribution in [0.4, 0.5) is 13.2 Å². The van der Waals surface area contributed by atoms with Crippen molar-refractivity contribution in [3.05, 3.63) is 360 Å². The zero-order valence-electron chi connectivity index (χ0n) is 78.4. The Kier molecular flexibility index (Phi) is 33.1. The van der Waals surface area contributed by atoms with E-state index in [4.69, 9.17) is 30.7 Å². The van der Waals surface area contributed by atoms with E-state index in [1.165, 1.54) is 31.4 Å². The fourth-order valence-electron chi connectivity index (χ4n) is 17.7. The molecule has 0 aliphatic carbocycles. The van der Waals surface area contributed by atoms with E-state index in [0.29, 0.717) is 118 Å². The molecule has 0 bridgehead atoms. The number of para-hydroxylation sites is 3. The number of methoxy groups -OCH3 is 1. The second-order valence-electron chi connectivity index (χ2n) is 35.2. The molecule has 0 spiro atoms. The van der Waals surface area contributed by atoms with Crippen LogP contribution in [-0.2, 0) is 28.7 Å². The number of ketones is 1. The minimum absolute atomic E-state index is 0.0416. The molecule has 0 fully saturated rings. The van der Waals surface area contributed by atoms with Gasteiger partial charge < -0.3 is 34.2 Å². The number of H-pyrrole nitrogens is 1. The second kappa shape index (κ2) is 45.3. The number of furan rings is 1. The first-order valence-corrected chi connectivity index (χ1v) is 47.0. The van der Waals surface area contributed by atoms with Crippen LogP contribution < -0.4 is 21.2 Å². The number of amides is 4. The first kappa shape index (κ1) is 98.0. The quantitative estimate of drug-likeness (QED) is 0.0404. The largest absolute Gasteiger partial charge is 0.497 e. The first-order chi connectivity index (χ1) is 64.6. The lowest BCUT2D eigenvalue weighted by Crippen LogP contribution is -2.40. The van der Waals surface area contributed by atoms with Gasteiger partial charge in [-0.1, -0.05) is 238 Å². The number of alkyl halides is 3. The molecule has 16 rings (SSSR count). The smallest absolute Gasteiger partial charge is 0.416 e. The molecular formula is C112H119ClF3N9O9. The van der Waals surface area contributed by atoms with Gasteiger partial charge in [0, 0.05) is 76.7 Å². The van der Waals surface area contributed by atoms with Crippen molar-refractivity contribution in [1.82, 2.24) is 44.1 Å². The summed E-state index contributed by atoms with van der Waals surface area (Å²) < 4.78 is 53.5. The number of fused-ring (bicyclic) bond motifs is 7. The van der Waals surface area contributed by atoms with Crippen LogP contribution in [0, 0.1) is 38.5 Å². The number of benzene rings is 11. The predicted octanol–water partition coefficient (Wildman–Crippen LogP) is 25.8. The van der Waals surface area contributed by atoms with Gasteiger partial charge in [-0.25, -0.2) is 9.97 Å². The van der Waals surface area contributed by atoms with E-state index in [1.807, 2.05) is 239 Å². The molecule has 11 aromatic carbocycles. The lowest BCUT2D eigenvalue weighted by atomic mass is 9.86. The number of carbonyl (C=O) groups is 5. The molecule has 4 aromatic heterocycles. The molecule has 5 heterocycles. The van der Waals surface area contributed by atoms with E-state index in [-0.39, 0.29) is 58.3 Å². The molecule has 134 heavy (non-hydrogen) atoms. The molecule has 5 atom stereocenters. The van der Waals surface area contributed by atoms with Crippen molar-refractivity contribution in [2.75, 3.05) is 26.7 Å². The van der Waals surface area contributed by atoms with Gasteiger partial charge in [0.15, 0.2) is 0 Å². The number of unbranched alkanes of at least 4 members (excludes halogenated alkanes) is 6. The van der Waals surface area contributed by atoms with Gasteiger partial charge in [-0.15, -0.1) is 0 Å². The van der Waals surface area contributed by atoms with Gasteiger partial charge >= 0.3 is 6.18 Å². The number of rotatable bonds is 30. The standard InChI is InChI=1S/C32H30ClN3O2.C31H35N3O3.C29H21F3N2O.C20H33NO3/c1-20(2)19-35(31(37)25-15-9-12-23-11-5-6-13-24(23)25)22(4)30-34-28-17-8-7-14-26(28)32(38)36(30)29-18-10-16-27(33)21(29)3;1-6-7-10-19-33(30(35)24-15-17-25(37-5)18-16-24)23(4)29-32-27-12-9-8-11-26(27)31(36)34(29)28-20-21(2)13-14-22(28)3;30-29(31,32)22-13-11-19(12-14-22)27-26-24(23-7-3-4-8-25(23)33-26)15-16-34(27)28(35)21-10-9-18-5-1-2-6-20(18)17-21;1-4-6-7-8-9-11-17(22)14-19(16(3)5-2)20(23)21-15-18-12-10-13-24-18/h5-18,20,22H,19H2,1-4H3;8-9,11-18,20,23H,6-7,10,19H2,1-5H3;1-14,17,27,33H,15-16H2;10,12-13,16,19H,4-9,11,14-15H2,1-3H3,(H,21,23). The average molecular weight is 1830 g/mol. The highest BCUT2D eigenvalue weighted by Gasteiger charge is 2.38. The van der Waals surface area contributed by atoms with Crippen LogP contribution in [0.2, 0.25) is 5.02 Å². The summed E-state index contributed by atoms with van der Waals surface area (Å²) in [7, 11) is 1.61. The summed E-state index contributed by atoms with van der Waals surface area (Å²) in [6.07, 6.45) is 8.29. The van der Waals surface area contributed by atoms with Crippen molar-refractivity contribution in [2.45, 2.75) is 184 Å². The SMILES string of the molecule is CCCCCCCC(=O)CC(C(=O)NCc1ccco1)C(C)CC.CCCCCN(C(=O)c1ccc(OC)cc1)C(C)c1nc2ccccc2c(=O)n1-c1cc(C)ccc1C.Cc1c(Cl)cccc1-n1c(C(C)N(CC(C)C)C(=O)c2cccc3ccccc23)nc2ccccc2c1=O.O=C(c1ccc2ccccc2c1)N1CCc2c([nH]c3ccccc23)C1c1ccc(C(F)(F)F)cc1. The normalized spacial score (nSPS) is 13.4. The Balaban J connectivity index is 0.000000154. The molecule has 5 unspecified atom stereocenters. The molecule has 694 valence electrons. The molecule has 18 nitrogen and oxygen atoms in total. The van der Waals surface area contributed by atoms with Gasteiger partial charge in [0.2, 0.25) is 5.91 Å². The maximum Gasteiger partial charge on any atom is 0.416 e. The molecule has 4 amide bonds. The maximum atomic E-state index is 14.2. The summed E-state index contributed by atoms with van der Waals surface area (Å²) in [5.41, 5.74) is 9.74. The zero-order valence-corrected chi connectivity index (χ0v) is 79.2. The van der Waals surface area contributed by atoms with Crippen LogP contribution >= 0.6 is 11.6 Å². The van der Waals surface area contributed by atoms with Crippen LogP contribution in [-0.4, -0.2) is 94.9 Å². The Bertz CT molecular complexity index is 6760. The molecule has 1 aliphatic heterocycles. The molecule has 0 saturated carbocycles. The van der Waals surface area contributed by atoms with Crippen LogP contribution in [0.1, 0.15) is 232 Å². The third kappa shape index (κ3) is 23.0. The number of carbonyl (C=O) groups excluding carboxylic acids is 5. The number of aromatic amines is 1. The van der Waals surface area contributed by atoms with Gasteiger partial charge in [-0.05, 0) is 230 Å². The van der Waals surface area contributed by atoms with E-state index < -0.39 is 29.9 Å². The lowest BCUT2D eigenvalue weighted by Gasteiger charge is -2.36. The van der Waals surface area contributed by atoms with Crippen LogP contribution in [0.3, 0.4) is 0 Å². The van der Waals surface area contributed by atoms with Gasteiger partial charge in [0.25, 0.3) is 28.8 Å². The Morgan fingerprint density at radius 2 is 1.17 bits per heavy atom. The number of halogens is 4. The maximum absolute atomic E-state index is 14.2. The van der Waals surface area contributed by atoms with Gasteiger partial charge in [-0.2, -0.15) is 13.2 Å². The Labute approximate surface area is 786 Å². The van der Waals surface area contributed by atoms with E-state index in [0.717, 1.165) is 123 Å². The highest BCUT2D eigenvalue weighted by Crippen LogP contribution is 2.42. The number of hydrogen-bond donors (Lipinski definition) is 2. The second-order valence-corrected chi connectivity index (χ2v) is 35.6. The number of nitrogens with one attached hydrogen (secondary N) is 2. The molecule has 1 aliphatic rings. The zero-order chi connectivity index (χ0) is 95.4. The summed E-state index contributed by atoms with van der Waals surface area (Å²) in [6, 6.07) is 75.8. The number of Topliss-reactive ketones (excluding diaryl/α,β-unsaturated/α-hetero) is 1. The Hall–Kier alpha value is -13.5. The summed E-state index contributed by atoms with van der Waals surface area (Å²) in [4.78, 5) is 113. The summed E-state index contributed by atoms with van der Waals surface area (Å²) in [5, 5.41) is 9.53. The molecule has 15 aromatic rings. The van der Waals surface area contributed by atoms with Gasteiger partial charge in [0.05, 0.1) is 76.8 Å². The fourth-order valence-corrected chi connectivity index (χ4v) is 17.8. The minimum atomic E-state index is -4.42. The van der Waals surface area contributed by atoms with Gasteiger partial charge in [-0.3, -0.25) is 42.7 Å². The number of aromatic nitrogens is 5. The molecule has 0 saturated heterocycles. The van der Waals surface area contributed by atoms with E-state index in [1.54, 1.807) is 69.9 Å². The molecule has 2 N–H and O–H groups in total. The highest BCUT2D eigenvalue weighted by molar-refractivity contribution is 6.31. The molecular weight excluding hydrogens is 1710 g/mol. The van der Waals surface area contributed by atoms with Crippen molar-refractivity contribution in [2.24, 2.45) is 17.8 Å². The van der Waals surface area contributed by atoms with Crippen molar-refractivity contribution in [3.63, 3.8) is 0 Å². The van der Waals surface area contributed by atoms with E-state index >= 15 is 0 Å². The third-order valence-corrected chi connectivity index (χ3v) is 25.8. The van der Waals surface area contributed by atoms with Crippen LogP contribution in [0.15, 0.2) is 275 Å². The first-order valence-electron chi connectivity index (χ1n) is 46.6. The Morgan fingerprint density at radius 3 is 1.81 bits per heavy atom. The minimum Gasteiger partial charge on any atom is -0.497 e. The molecule has 0 radical (unpaired) electrons. The van der Waals surface area contributed by atoms with Crippen LogP contribution in [0.25, 0.3) is 65.6 Å². The third-order valence-electron chi connectivity index (χ3n) is 25.4. The van der Waals surface area contributed by atoms with Crippen molar-refractivity contribution in [3.8, 4) is 17.1 Å². The fraction of sp³-hybridized carbons (Fsp3) is 0.312. The van der Waals surface area contributed by atoms with Crippen molar-refractivity contribution < 1.29 is 46.3 Å². The number of hydrogen-bond acceptors (Lipinski definition) is 11. The van der Waals surface area contributed by atoms with E-state index in [2.05, 4.69) is 44.9 Å².